The minimum absolute atomic E-state index is 0.132. The van der Waals surface area contributed by atoms with E-state index in [1.54, 1.807) is 36.5 Å². The number of hydrogen-bond acceptors (Lipinski definition) is 9. The zero-order valence-corrected chi connectivity index (χ0v) is 25.3. The molecule has 6 rings (SSSR count). The molecule has 1 unspecified atom stereocenters. The number of halogens is 1. The number of carboxylic acid groups (broad SMARTS) is 1. The molecule has 228 valence electrons. The molecule has 0 spiro atoms. The molecule has 0 aliphatic carbocycles. The maximum absolute atomic E-state index is 11.7. The van der Waals surface area contributed by atoms with Gasteiger partial charge in [0.15, 0.2) is 6.61 Å². The summed E-state index contributed by atoms with van der Waals surface area (Å²) >= 11 is 5.97. The van der Waals surface area contributed by atoms with Gasteiger partial charge >= 0.3 is 5.97 Å². The molecule has 0 bridgehead atoms. The van der Waals surface area contributed by atoms with E-state index >= 15 is 0 Å². The van der Waals surface area contributed by atoms with Crippen LogP contribution in [0.5, 0.6) is 5.75 Å². The van der Waals surface area contributed by atoms with Gasteiger partial charge in [-0.3, -0.25) is 9.89 Å². The number of aromatic carboxylic acids is 1. The van der Waals surface area contributed by atoms with Crippen molar-refractivity contribution in [3.8, 4) is 11.8 Å². The van der Waals surface area contributed by atoms with Crippen LogP contribution < -0.4 is 4.74 Å². The van der Waals surface area contributed by atoms with Crippen LogP contribution in [0.25, 0.3) is 11.0 Å². The van der Waals surface area contributed by atoms with E-state index in [4.69, 9.17) is 25.7 Å². The number of aromatic nitrogens is 3. The number of rotatable bonds is 11. The van der Waals surface area contributed by atoms with E-state index in [-0.39, 0.29) is 18.2 Å². The molecule has 0 saturated carbocycles. The third-order valence-electron chi connectivity index (χ3n) is 8.42. The number of likely N-dealkylation sites (N-methyl/N-ethyl adjacent to an activating group) is 1. The monoisotopic (exact) mass is 615 g/mol. The van der Waals surface area contributed by atoms with Gasteiger partial charge in [0.05, 0.1) is 53.8 Å². The molecule has 1 saturated heterocycles. The van der Waals surface area contributed by atoms with Crippen molar-refractivity contribution >= 4 is 34.9 Å². The first kappa shape index (κ1) is 29.7. The highest BCUT2D eigenvalue weighted by Gasteiger charge is 2.26. The lowest BCUT2D eigenvalue weighted by Gasteiger charge is -2.31. The molecule has 4 aromatic rings. The topological polar surface area (TPSA) is 133 Å². The molecule has 2 aliphatic heterocycles. The van der Waals surface area contributed by atoms with Gasteiger partial charge in [0.2, 0.25) is 5.89 Å². The van der Waals surface area contributed by atoms with Crippen molar-refractivity contribution in [2.45, 2.75) is 51.9 Å². The van der Waals surface area contributed by atoms with Gasteiger partial charge in [-0.1, -0.05) is 11.6 Å². The van der Waals surface area contributed by atoms with E-state index in [1.165, 1.54) is 0 Å². The molecule has 1 fully saturated rings. The first-order valence-electron chi connectivity index (χ1n) is 14.9. The largest absolute Gasteiger partial charge is 0.482 e. The normalized spacial score (nSPS) is 17.4. The average molecular weight is 616 g/mol. The summed E-state index contributed by atoms with van der Waals surface area (Å²) in [6.07, 6.45) is 6.51. The first-order chi connectivity index (χ1) is 21.4. The molecular weight excluding hydrogens is 582 g/mol. The Bertz CT molecular complexity index is 1720. The molecule has 12 heteroatoms. The van der Waals surface area contributed by atoms with Crippen LogP contribution in [-0.2, 0) is 26.1 Å². The van der Waals surface area contributed by atoms with E-state index in [0.29, 0.717) is 47.8 Å². The first-order valence-corrected chi connectivity index (χ1v) is 15.2. The molecule has 11 nitrogen and oxygen atoms in total. The van der Waals surface area contributed by atoms with Gasteiger partial charge in [-0.25, -0.2) is 14.8 Å². The number of hydrogen-bond donors (Lipinski definition) is 1. The smallest absolute Gasteiger partial charge is 0.335 e. The zero-order valence-electron chi connectivity index (χ0n) is 24.5. The fourth-order valence-corrected chi connectivity index (χ4v) is 6.19. The van der Waals surface area contributed by atoms with Gasteiger partial charge in [-0.15, -0.1) is 0 Å². The van der Waals surface area contributed by atoms with Crippen LogP contribution in [0.15, 0.2) is 52.0 Å². The predicted octanol–water partition coefficient (Wildman–Crippen LogP) is 5.01. The quantitative estimate of drug-likeness (QED) is 0.247. The number of nitrogens with zero attached hydrogens (tertiary/aromatic N) is 7. The van der Waals surface area contributed by atoms with Crippen molar-refractivity contribution in [1.82, 2.24) is 24.3 Å². The summed E-state index contributed by atoms with van der Waals surface area (Å²) in [5, 5.41) is 19.4. The van der Waals surface area contributed by atoms with Gasteiger partial charge in [0.25, 0.3) is 0 Å². The lowest BCUT2D eigenvalue weighted by molar-refractivity contribution is 0.0697. The fraction of sp³-hybridized carbons (Fsp3) is 0.406. The highest BCUT2D eigenvalue weighted by Crippen LogP contribution is 2.27. The van der Waals surface area contributed by atoms with Crippen LogP contribution in [0.2, 0.25) is 5.02 Å². The summed E-state index contributed by atoms with van der Waals surface area (Å²) in [4.78, 5) is 30.2. The Hall–Kier alpha value is -4.40. The van der Waals surface area contributed by atoms with E-state index < -0.39 is 5.97 Å². The molecule has 2 aromatic heterocycles. The fourth-order valence-electron chi connectivity index (χ4n) is 6.01. The molecule has 2 aromatic carbocycles. The number of fused-ring (bicyclic) bond motifs is 1. The molecule has 1 N–H and O–H groups in total. The average Bonchev–Trinajstić information content (AvgIpc) is 3.76. The predicted molar refractivity (Wildman–Crippen MR) is 165 cm³/mol. The van der Waals surface area contributed by atoms with Crippen LogP contribution in [0, 0.1) is 17.2 Å². The Morgan fingerprint density at radius 1 is 1.23 bits per heavy atom. The van der Waals surface area contributed by atoms with Crippen molar-refractivity contribution in [2.24, 2.45) is 10.9 Å². The summed E-state index contributed by atoms with van der Waals surface area (Å²) in [5.74, 6) is 2.22. The minimum Gasteiger partial charge on any atom is -0.482 e. The van der Waals surface area contributed by atoms with Crippen molar-refractivity contribution in [1.29, 1.82) is 5.26 Å². The Morgan fingerprint density at radius 3 is 2.84 bits per heavy atom. The second-order valence-electron chi connectivity index (χ2n) is 11.3. The second-order valence-corrected chi connectivity index (χ2v) is 11.7. The summed E-state index contributed by atoms with van der Waals surface area (Å²) in [6, 6.07) is 12.4. The Morgan fingerprint density at radius 2 is 2.07 bits per heavy atom. The highest BCUT2D eigenvalue weighted by atomic mass is 35.5. The van der Waals surface area contributed by atoms with E-state index in [9.17, 15) is 15.2 Å². The number of aliphatic imine (C=N–C) groups is 1. The van der Waals surface area contributed by atoms with Gasteiger partial charge in [0.1, 0.15) is 23.4 Å². The number of carboxylic acids is 1. The van der Waals surface area contributed by atoms with E-state index in [1.807, 2.05) is 12.4 Å². The van der Waals surface area contributed by atoms with Crippen LogP contribution in [0.4, 0.5) is 0 Å². The summed E-state index contributed by atoms with van der Waals surface area (Å²) in [6.45, 7) is 7.09. The number of carbonyl (C=O) groups is 1. The van der Waals surface area contributed by atoms with E-state index in [0.717, 1.165) is 61.5 Å². The lowest BCUT2D eigenvalue weighted by Crippen LogP contribution is -2.37. The number of benzene rings is 2. The highest BCUT2D eigenvalue weighted by molar-refractivity contribution is 6.30. The van der Waals surface area contributed by atoms with Gasteiger partial charge in [-0.05, 0) is 75.2 Å². The van der Waals surface area contributed by atoms with E-state index in [2.05, 4.69) is 37.3 Å². The number of likely N-dealkylation sites (tertiary alicyclic amines) is 1. The molecule has 4 heterocycles. The van der Waals surface area contributed by atoms with Crippen LogP contribution in [0.3, 0.4) is 0 Å². The maximum atomic E-state index is 11.7. The Kier molecular flexibility index (Phi) is 8.82. The summed E-state index contributed by atoms with van der Waals surface area (Å²) in [5.41, 5.74) is 2.29. The third-order valence-corrected chi connectivity index (χ3v) is 8.66. The van der Waals surface area contributed by atoms with Gasteiger partial charge in [-0.2, -0.15) is 5.26 Å². The number of ether oxygens (including phenoxy) is 1. The molecule has 0 radical (unpaired) electrons. The third kappa shape index (κ3) is 6.56. The number of imidazole rings is 1. The Labute approximate surface area is 260 Å². The second kappa shape index (κ2) is 13.1. The molecular formula is C32H34ClN7O4. The maximum Gasteiger partial charge on any atom is 0.335 e. The van der Waals surface area contributed by atoms with Crippen molar-refractivity contribution in [3.05, 3.63) is 76.2 Å². The Balaban J connectivity index is 1.07. The summed E-state index contributed by atoms with van der Waals surface area (Å²) in [7, 11) is 0. The van der Waals surface area contributed by atoms with Gasteiger partial charge < -0.3 is 23.7 Å². The number of nitriles is 1. The van der Waals surface area contributed by atoms with Crippen molar-refractivity contribution < 1.29 is 19.1 Å². The standard InChI is InChI=1S/C32H34ClN7O4/c1-2-39-20-35-15-25(39)17-40-28-13-22(32(41)42)3-5-27(28)37-30(40)18-38-9-7-21(8-10-38)11-26-16-36-31(44-26)19-43-29-6-4-24(33)12-23(29)14-34/h3-6,12-13,16,20-21,25H,2,7-11,15,17-19H2,1H3,(H,41,42). The van der Waals surface area contributed by atoms with Crippen molar-refractivity contribution in [3.63, 3.8) is 0 Å². The number of piperidine rings is 1. The van der Waals surface area contributed by atoms with Crippen LogP contribution in [0.1, 0.15) is 53.2 Å². The van der Waals surface area contributed by atoms with Crippen LogP contribution in [-0.4, -0.2) is 74.0 Å². The summed E-state index contributed by atoms with van der Waals surface area (Å²) < 4.78 is 13.9. The number of oxazole rings is 1. The lowest BCUT2D eigenvalue weighted by atomic mass is 9.93. The minimum atomic E-state index is -0.941. The SMILES string of the molecule is CCN1C=NCC1Cn1c(CN2CCC(Cc3cnc(COc4ccc(Cl)cc4C#N)o3)CC2)nc2ccc(C(=O)O)cc21. The molecule has 44 heavy (non-hydrogen) atoms. The zero-order chi connectivity index (χ0) is 30.6. The van der Waals surface area contributed by atoms with Crippen LogP contribution >= 0.6 is 11.6 Å². The van der Waals surface area contributed by atoms with Gasteiger partial charge in [0, 0.05) is 24.5 Å². The van der Waals surface area contributed by atoms with Crippen molar-refractivity contribution in [2.75, 3.05) is 26.2 Å². The molecule has 1 atom stereocenters. The molecule has 0 amide bonds. The molecule has 2 aliphatic rings.